The Morgan fingerprint density at radius 1 is 1.00 bits per heavy atom. The standard InChI is InChI=1S/C15H33N3/c1-6-7-16-14(4)15(5)18-10-8-17(9-11-18)12-13(2)3/h13-16H,6-12H2,1-5H3. The molecule has 0 saturated carbocycles. The van der Waals surface area contributed by atoms with Gasteiger partial charge in [0, 0.05) is 44.8 Å². The Labute approximate surface area is 114 Å². The zero-order chi connectivity index (χ0) is 13.5. The molecule has 0 amide bonds. The Bertz CT molecular complexity index is 210. The van der Waals surface area contributed by atoms with Crippen LogP contribution < -0.4 is 5.32 Å². The lowest BCUT2D eigenvalue weighted by Crippen LogP contribution is -2.55. The Morgan fingerprint density at radius 3 is 2.11 bits per heavy atom. The summed E-state index contributed by atoms with van der Waals surface area (Å²) in [6, 6.07) is 1.25. The fourth-order valence-corrected chi connectivity index (χ4v) is 2.73. The van der Waals surface area contributed by atoms with Crippen molar-refractivity contribution in [3.05, 3.63) is 0 Å². The summed E-state index contributed by atoms with van der Waals surface area (Å²) in [5.74, 6) is 0.791. The number of hydrogen-bond acceptors (Lipinski definition) is 3. The van der Waals surface area contributed by atoms with Gasteiger partial charge in [-0.15, -0.1) is 0 Å². The molecule has 1 fully saturated rings. The Hall–Kier alpha value is -0.120. The van der Waals surface area contributed by atoms with Crippen LogP contribution in [0.2, 0.25) is 0 Å². The smallest absolute Gasteiger partial charge is 0.0219 e. The first-order chi connectivity index (χ1) is 8.54. The van der Waals surface area contributed by atoms with Gasteiger partial charge in [0.2, 0.25) is 0 Å². The minimum Gasteiger partial charge on any atom is -0.313 e. The molecule has 1 heterocycles. The first-order valence-corrected chi connectivity index (χ1v) is 7.74. The maximum Gasteiger partial charge on any atom is 0.0219 e. The molecule has 0 spiro atoms. The van der Waals surface area contributed by atoms with Gasteiger partial charge >= 0.3 is 0 Å². The molecule has 0 bridgehead atoms. The van der Waals surface area contributed by atoms with Crippen LogP contribution >= 0.6 is 0 Å². The largest absolute Gasteiger partial charge is 0.313 e. The second-order valence-corrected chi connectivity index (χ2v) is 6.21. The Morgan fingerprint density at radius 2 is 1.61 bits per heavy atom. The summed E-state index contributed by atoms with van der Waals surface area (Å²) in [6.07, 6.45) is 1.22. The third-order valence-corrected chi connectivity index (χ3v) is 4.05. The van der Waals surface area contributed by atoms with E-state index in [2.05, 4.69) is 49.7 Å². The van der Waals surface area contributed by atoms with Crippen molar-refractivity contribution in [3.63, 3.8) is 0 Å². The lowest BCUT2D eigenvalue weighted by molar-refractivity contribution is 0.0822. The molecule has 3 heteroatoms. The highest BCUT2D eigenvalue weighted by atomic mass is 15.3. The van der Waals surface area contributed by atoms with E-state index in [0.29, 0.717) is 12.1 Å². The number of nitrogens with one attached hydrogen (secondary N) is 1. The summed E-state index contributed by atoms with van der Waals surface area (Å²) >= 11 is 0. The van der Waals surface area contributed by atoms with Gasteiger partial charge in [-0.2, -0.15) is 0 Å². The number of hydrogen-bond donors (Lipinski definition) is 1. The molecule has 1 saturated heterocycles. The minimum atomic E-state index is 0.599. The van der Waals surface area contributed by atoms with Crippen molar-refractivity contribution in [2.75, 3.05) is 39.3 Å². The minimum absolute atomic E-state index is 0.599. The van der Waals surface area contributed by atoms with Crippen LogP contribution in [0.1, 0.15) is 41.0 Å². The SMILES string of the molecule is CCCNC(C)C(C)N1CCN(CC(C)C)CC1. The van der Waals surface area contributed by atoms with Gasteiger partial charge in [-0.1, -0.05) is 20.8 Å². The summed E-state index contributed by atoms with van der Waals surface area (Å²) < 4.78 is 0. The van der Waals surface area contributed by atoms with E-state index in [1.165, 1.54) is 39.1 Å². The molecular formula is C15H33N3. The summed E-state index contributed by atoms with van der Waals surface area (Å²) in [7, 11) is 0. The third-order valence-electron chi connectivity index (χ3n) is 4.05. The van der Waals surface area contributed by atoms with Crippen LogP contribution in [0.3, 0.4) is 0 Å². The Balaban J connectivity index is 2.28. The van der Waals surface area contributed by atoms with Gasteiger partial charge in [0.25, 0.3) is 0 Å². The van der Waals surface area contributed by atoms with Crippen LogP contribution in [0.4, 0.5) is 0 Å². The van der Waals surface area contributed by atoms with E-state index in [9.17, 15) is 0 Å². The van der Waals surface area contributed by atoms with Crippen molar-refractivity contribution in [3.8, 4) is 0 Å². The van der Waals surface area contributed by atoms with Gasteiger partial charge < -0.3 is 10.2 Å². The van der Waals surface area contributed by atoms with Gasteiger partial charge in [-0.3, -0.25) is 4.90 Å². The van der Waals surface area contributed by atoms with Crippen molar-refractivity contribution >= 4 is 0 Å². The van der Waals surface area contributed by atoms with Crippen molar-refractivity contribution in [1.82, 2.24) is 15.1 Å². The fourth-order valence-electron chi connectivity index (χ4n) is 2.73. The van der Waals surface area contributed by atoms with Crippen molar-refractivity contribution in [2.24, 2.45) is 5.92 Å². The van der Waals surface area contributed by atoms with E-state index in [1.807, 2.05) is 0 Å². The molecule has 108 valence electrons. The quantitative estimate of drug-likeness (QED) is 0.751. The summed E-state index contributed by atoms with van der Waals surface area (Å²) in [4.78, 5) is 5.25. The predicted octanol–water partition coefficient (Wildman–Crippen LogP) is 2.04. The lowest BCUT2D eigenvalue weighted by Gasteiger charge is -2.40. The van der Waals surface area contributed by atoms with Crippen molar-refractivity contribution in [1.29, 1.82) is 0 Å². The molecule has 1 aliphatic heterocycles. The predicted molar refractivity (Wildman–Crippen MR) is 80.1 cm³/mol. The monoisotopic (exact) mass is 255 g/mol. The van der Waals surface area contributed by atoms with Gasteiger partial charge in [-0.05, 0) is 32.7 Å². The van der Waals surface area contributed by atoms with E-state index in [0.717, 1.165) is 12.5 Å². The molecule has 0 radical (unpaired) electrons. The molecule has 1 aliphatic rings. The molecule has 0 aromatic rings. The van der Waals surface area contributed by atoms with Crippen LogP contribution in [-0.4, -0.2) is 61.2 Å². The molecule has 1 rings (SSSR count). The topological polar surface area (TPSA) is 18.5 Å². The second-order valence-electron chi connectivity index (χ2n) is 6.21. The van der Waals surface area contributed by atoms with E-state index in [1.54, 1.807) is 0 Å². The summed E-state index contributed by atoms with van der Waals surface area (Å²) in [5.41, 5.74) is 0. The maximum absolute atomic E-state index is 3.62. The highest BCUT2D eigenvalue weighted by Gasteiger charge is 2.24. The van der Waals surface area contributed by atoms with Gasteiger partial charge in [0.05, 0.1) is 0 Å². The molecule has 18 heavy (non-hydrogen) atoms. The fraction of sp³-hybridized carbons (Fsp3) is 1.00. The van der Waals surface area contributed by atoms with Crippen LogP contribution in [0.25, 0.3) is 0 Å². The van der Waals surface area contributed by atoms with E-state index >= 15 is 0 Å². The average molecular weight is 255 g/mol. The Kier molecular flexibility index (Phi) is 7.20. The van der Waals surface area contributed by atoms with Crippen LogP contribution in [0, 0.1) is 5.92 Å². The highest BCUT2D eigenvalue weighted by molar-refractivity contribution is 4.82. The number of piperazine rings is 1. The van der Waals surface area contributed by atoms with E-state index in [-0.39, 0.29) is 0 Å². The van der Waals surface area contributed by atoms with Crippen molar-refractivity contribution in [2.45, 2.75) is 53.1 Å². The molecule has 0 aliphatic carbocycles. The molecule has 1 N–H and O–H groups in total. The molecule has 2 atom stereocenters. The van der Waals surface area contributed by atoms with Crippen LogP contribution in [0.5, 0.6) is 0 Å². The van der Waals surface area contributed by atoms with E-state index in [4.69, 9.17) is 0 Å². The first-order valence-electron chi connectivity index (χ1n) is 7.74. The maximum atomic E-state index is 3.62. The molecule has 0 aromatic carbocycles. The van der Waals surface area contributed by atoms with Gasteiger partial charge in [-0.25, -0.2) is 0 Å². The number of nitrogens with zero attached hydrogens (tertiary/aromatic N) is 2. The van der Waals surface area contributed by atoms with Crippen molar-refractivity contribution < 1.29 is 0 Å². The van der Waals surface area contributed by atoms with Gasteiger partial charge in [0.15, 0.2) is 0 Å². The van der Waals surface area contributed by atoms with Crippen LogP contribution in [-0.2, 0) is 0 Å². The van der Waals surface area contributed by atoms with Gasteiger partial charge in [0.1, 0.15) is 0 Å². The summed E-state index contributed by atoms with van der Waals surface area (Å²) in [6.45, 7) is 18.9. The highest BCUT2D eigenvalue weighted by Crippen LogP contribution is 2.10. The third kappa shape index (κ3) is 5.25. The molecular weight excluding hydrogens is 222 g/mol. The first kappa shape index (κ1) is 15.9. The molecule has 3 nitrogen and oxygen atoms in total. The zero-order valence-corrected chi connectivity index (χ0v) is 13.1. The lowest BCUT2D eigenvalue weighted by atomic mass is 10.1. The number of rotatable bonds is 7. The molecule has 2 unspecified atom stereocenters. The second kappa shape index (κ2) is 8.13. The average Bonchev–Trinajstić information content (AvgIpc) is 2.35. The normalized spacial score (nSPS) is 22.3. The van der Waals surface area contributed by atoms with E-state index < -0.39 is 0 Å². The zero-order valence-electron chi connectivity index (χ0n) is 13.1. The molecule has 0 aromatic heterocycles. The van der Waals surface area contributed by atoms with Crippen LogP contribution in [0.15, 0.2) is 0 Å². The summed E-state index contributed by atoms with van der Waals surface area (Å²) in [5, 5.41) is 3.62.